The Hall–Kier alpha value is -2.97. The van der Waals surface area contributed by atoms with Gasteiger partial charge in [0.05, 0.1) is 11.0 Å². The topological polar surface area (TPSA) is 78.8 Å². The lowest BCUT2D eigenvalue weighted by Gasteiger charge is -2.19. The van der Waals surface area contributed by atoms with Crippen LogP contribution in [0.2, 0.25) is 0 Å². The molecule has 124 valence electrons. The Kier molecular flexibility index (Phi) is 3.63. The predicted octanol–water partition coefficient (Wildman–Crippen LogP) is 3.35. The van der Waals surface area contributed by atoms with Crippen LogP contribution in [-0.4, -0.2) is 9.97 Å². The molecular formula is C20H19N5. The number of hydrogen-bond donors (Lipinski definition) is 1. The second-order valence-electron chi connectivity index (χ2n) is 6.64. The first-order valence-electron chi connectivity index (χ1n) is 8.36. The number of nitriles is 1. The van der Waals surface area contributed by atoms with E-state index in [9.17, 15) is 5.26 Å². The van der Waals surface area contributed by atoms with Gasteiger partial charge in [0.15, 0.2) is 11.5 Å². The summed E-state index contributed by atoms with van der Waals surface area (Å²) in [5, 5.41) is 9.60. The van der Waals surface area contributed by atoms with Gasteiger partial charge in [0.2, 0.25) is 0 Å². The summed E-state index contributed by atoms with van der Waals surface area (Å²) in [5.41, 5.74) is 12.6. The molecule has 2 heterocycles. The Morgan fingerprint density at radius 1 is 1.16 bits per heavy atom. The normalized spacial score (nSPS) is 14.4. The van der Waals surface area contributed by atoms with E-state index >= 15 is 0 Å². The molecular weight excluding hydrogens is 310 g/mol. The third-order valence-corrected chi connectivity index (χ3v) is 4.66. The van der Waals surface area contributed by atoms with Gasteiger partial charge in [-0.3, -0.25) is 0 Å². The number of nitrogens with two attached hydrogens (primary N) is 1. The fourth-order valence-corrected chi connectivity index (χ4v) is 3.45. The van der Waals surface area contributed by atoms with E-state index in [4.69, 9.17) is 10.7 Å². The highest BCUT2D eigenvalue weighted by molar-refractivity contribution is 5.82. The summed E-state index contributed by atoms with van der Waals surface area (Å²) < 4.78 is 0. The van der Waals surface area contributed by atoms with Crippen LogP contribution in [0.5, 0.6) is 0 Å². The predicted molar refractivity (Wildman–Crippen MR) is 97.9 cm³/mol. The molecule has 25 heavy (non-hydrogen) atoms. The van der Waals surface area contributed by atoms with Crippen LogP contribution in [0.1, 0.15) is 40.9 Å². The summed E-state index contributed by atoms with van der Waals surface area (Å²) in [6.07, 6.45) is 0. The number of rotatable bonds is 2. The van der Waals surface area contributed by atoms with Crippen LogP contribution < -0.4 is 10.6 Å². The van der Waals surface area contributed by atoms with Crippen molar-refractivity contribution in [3.8, 4) is 6.07 Å². The maximum Gasteiger partial charge on any atom is 0.183 e. The monoisotopic (exact) mass is 329 g/mol. The lowest BCUT2D eigenvalue weighted by Crippen LogP contribution is -2.19. The van der Waals surface area contributed by atoms with Crippen LogP contribution in [0.3, 0.4) is 0 Å². The molecule has 1 atom stereocenters. The number of anilines is 1. The van der Waals surface area contributed by atoms with Crippen molar-refractivity contribution < 1.29 is 0 Å². The Balaban J connectivity index is 1.88. The first-order chi connectivity index (χ1) is 12.1. The Bertz CT molecular complexity index is 992. The number of aromatic nitrogens is 2. The first-order valence-corrected chi connectivity index (χ1v) is 8.36. The third-order valence-electron chi connectivity index (χ3n) is 4.66. The lowest BCUT2D eigenvalue weighted by molar-refractivity contribution is 0.816. The van der Waals surface area contributed by atoms with Crippen LogP contribution in [0, 0.1) is 18.3 Å². The summed E-state index contributed by atoms with van der Waals surface area (Å²) in [4.78, 5) is 11.5. The number of fused-ring (bicyclic) bond motifs is 2. The average Bonchev–Trinajstić information content (AvgIpc) is 3.03. The Morgan fingerprint density at radius 2 is 1.84 bits per heavy atom. The minimum absolute atomic E-state index is 0.145. The standard InChI is InChI=1S/C20H19N5/c1-12-7-16(13(2)22)19-17(8-12)23-18(9-21)20(24-19)25-10-14-5-3-4-6-15(14)11-25/h3-8,13H,10-11,22H2,1-2H3/t13-/m1/s1. The van der Waals surface area contributed by atoms with Gasteiger partial charge in [0.25, 0.3) is 0 Å². The molecule has 0 unspecified atom stereocenters. The maximum absolute atomic E-state index is 9.60. The van der Waals surface area contributed by atoms with Crippen molar-refractivity contribution in [2.45, 2.75) is 33.0 Å². The number of aryl methyl sites for hydroxylation is 1. The molecule has 3 aromatic rings. The summed E-state index contributed by atoms with van der Waals surface area (Å²) in [5.74, 6) is 0.636. The summed E-state index contributed by atoms with van der Waals surface area (Å²) in [6.45, 7) is 5.43. The average molecular weight is 329 g/mol. The van der Waals surface area contributed by atoms with Gasteiger partial charge in [0.1, 0.15) is 6.07 Å². The van der Waals surface area contributed by atoms with Gasteiger partial charge in [0, 0.05) is 19.1 Å². The molecule has 1 aromatic heterocycles. The van der Waals surface area contributed by atoms with E-state index in [1.165, 1.54) is 11.1 Å². The maximum atomic E-state index is 9.60. The van der Waals surface area contributed by atoms with Gasteiger partial charge >= 0.3 is 0 Å². The van der Waals surface area contributed by atoms with Crippen LogP contribution >= 0.6 is 0 Å². The number of nitrogens with zero attached hydrogens (tertiary/aromatic N) is 4. The van der Waals surface area contributed by atoms with E-state index in [2.05, 4.69) is 34.2 Å². The molecule has 0 spiro atoms. The highest BCUT2D eigenvalue weighted by atomic mass is 15.2. The third kappa shape index (κ3) is 2.61. The highest BCUT2D eigenvalue weighted by Crippen LogP contribution is 2.31. The zero-order valence-electron chi connectivity index (χ0n) is 14.3. The van der Waals surface area contributed by atoms with Gasteiger partial charge in [-0.25, -0.2) is 9.97 Å². The van der Waals surface area contributed by atoms with Gasteiger partial charge in [-0.05, 0) is 42.2 Å². The summed E-state index contributed by atoms with van der Waals surface area (Å²) in [6, 6.07) is 14.4. The Morgan fingerprint density at radius 3 is 2.44 bits per heavy atom. The van der Waals surface area contributed by atoms with Gasteiger partial charge in [-0.1, -0.05) is 30.3 Å². The molecule has 0 radical (unpaired) electrons. The molecule has 1 aliphatic heterocycles. The molecule has 0 bridgehead atoms. The van der Waals surface area contributed by atoms with E-state index in [-0.39, 0.29) is 6.04 Å². The molecule has 0 saturated carbocycles. The van der Waals surface area contributed by atoms with E-state index < -0.39 is 0 Å². The van der Waals surface area contributed by atoms with Crippen molar-refractivity contribution >= 4 is 16.9 Å². The summed E-state index contributed by atoms with van der Waals surface area (Å²) in [7, 11) is 0. The molecule has 1 aliphatic rings. The van der Waals surface area contributed by atoms with E-state index in [0.717, 1.165) is 35.2 Å². The van der Waals surface area contributed by atoms with Crippen molar-refractivity contribution in [3.63, 3.8) is 0 Å². The first kappa shape index (κ1) is 15.6. The molecule has 4 rings (SSSR count). The molecule has 0 saturated heterocycles. The highest BCUT2D eigenvalue weighted by Gasteiger charge is 2.24. The fourth-order valence-electron chi connectivity index (χ4n) is 3.45. The van der Waals surface area contributed by atoms with Gasteiger partial charge in [-0.2, -0.15) is 5.26 Å². The van der Waals surface area contributed by atoms with Crippen molar-refractivity contribution in [3.05, 3.63) is 64.3 Å². The van der Waals surface area contributed by atoms with Crippen molar-refractivity contribution in [1.82, 2.24) is 9.97 Å². The smallest absolute Gasteiger partial charge is 0.183 e. The van der Waals surface area contributed by atoms with E-state index in [0.29, 0.717) is 11.5 Å². The zero-order valence-corrected chi connectivity index (χ0v) is 14.3. The molecule has 2 N–H and O–H groups in total. The second-order valence-corrected chi connectivity index (χ2v) is 6.64. The quantitative estimate of drug-likeness (QED) is 0.780. The fraction of sp³-hybridized carbons (Fsp3) is 0.250. The minimum atomic E-state index is -0.145. The molecule has 0 amide bonds. The SMILES string of the molecule is Cc1cc([C@@H](C)N)c2nc(N3Cc4ccccc4C3)c(C#N)nc2c1. The van der Waals surface area contributed by atoms with Gasteiger partial charge < -0.3 is 10.6 Å². The van der Waals surface area contributed by atoms with E-state index in [1.54, 1.807) is 0 Å². The van der Waals surface area contributed by atoms with Crippen LogP contribution in [0.15, 0.2) is 36.4 Å². The zero-order chi connectivity index (χ0) is 17.6. The lowest BCUT2D eigenvalue weighted by atomic mass is 10.0. The minimum Gasteiger partial charge on any atom is -0.346 e. The molecule has 5 nitrogen and oxygen atoms in total. The summed E-state index contributed by atoms with van der Waals surface area (Å²) >= 11 is 0. The second kappa shape index (κ2) is 5.83. The van der Waals surface area contributed by atoms with Crippen molar-refractivity contribution in [2.75, 3.05) is 4.90 Å². The molecule has 0 fully saturated rings. The van der Waals surface area contributed by atoms with Crippen LogP contribution in [0.4, 0.5) is 5.82 Å². The van der Waals surface area contributed by atoms with Crippen molar-refractivity contribution in [1.29, 1.82) is 5.26 Å². The molecule has 0 aliphatic carbocycles. The Labute approximate surface area is 146 Å². The van der Waals surface area contributed by atoms with Crippen LogP contribution in [-0.2, 0) is 13.1 Å². The van der Waals surface area contributed by atoms with Crippen LogP contribution in [0.25, 0.3) is 11.0 Å². The van der Waals surface area contributed by atoms with Crippen molar-refractivity contribution in [2.24, 2.45) is 5.73 Å². The van der Waals surface area contributed by atoms with E-state index in [1.807, 2.05) is 32.0 Å². The number of hydrogen-bond acceptors (Lipinski definition) is 5. The largest absolute Gasteiger partial charge is 0.346 e. The van der Waals surface area contributed by atoms with Gasteiger partial charge in [-0.15, -0.1) is 0 Å². The molecule has 5 heteroatoms. The number of benzene rings is 2. The molecule has 2 aromatic carbocycles.